The predicted molar refractivity (Wildman–Crippen MR) is 97.6 cm³/mol. The lowest BCUT2D eigenvalue weighted by atomic mass is 10.1. The van der Waals surface area contributed by atoms with E-state index in [9.17, 15) is 0 Å². The van der Waals surface area contributed by atoms with E-state index in [1.165, 1.54) is 17.7 Å². The van der Waals surface area contributed by atoms with E-state index in [-0.39, 0.29) is 0 Å². The van der Waals surface area contributed by atoms with Gasteiger partial charge in [0.1, 0.15) is 5.75 Å². The Kier molecular flexibility index (Phi) is 6.32. The van der Waals surface area contributed by atoms with Gasteiger partial charge in [-0.1, -0.05) is 41.9 Å². The van der Waals surface area contributed by atoms with Crippen molar-refractivity contribution in [1.29, 1.82) is 0 Å². The fourth-order valence-corrected chi connectivity index (χ4v) is 2.81. The van der Waals surface area contributed by atoms with Crippen molar-refractivity contribution in [2.45, 2.75) is 26.8 Å². The number of rotatable bonds is 7. The Morgan fingerprint density at radius 1 is 1.09 bits per heavy atom. The largest absolute Gasteiger partial charge is 0.497 e. The van der Waals surface area contributed by atoms with E-state index in [1.807, 2.05) is 12.1 Å². The zero-order valence-corrected chi connectivity index (χ0v) is 15.1. The Morgan fingerprint density at radius 3 is 2.41 bits per heavy atom. The van der Waals surface area contributed by atoms with Crippen molar-refractivity contribution in [3.05, 3.63) is 58.6 Å². The Hall–Kier alpha value is -1.48. The van der Waals surface area contributed by atoms with Crippen LogP contribution in [-0.2, 0) is 6.54 Å². The second-order valence-corrected chi connectivity index (χ2v) is 6.85. The molecule has 0 bridgehead atoms. The second kappa shape index (κ2) is 8.23. The number of hydrogen-bond acceptors (Lipinski definition) is 2. The molecule has 0 aliphatic rings. The molecule has 0 saturated heterocycles. The number of benzene rings is 2. The van der Waals surface area contributed by atoms with Gasteiger partial charge in [-0.3, -0.25) is 0 Å². The first kappa shape index (κ1) is 16.9. The molecule has 0 heterocycles. The number of halogens is 1. The third-order valence-corrected chi connectivity index (χ3v) is 4.17. The summed E-state index contributed by atoms with van der Waals surface area (Å²) in [5.74, 6) is 1.60. The molecular weight excluding hydrogens is 338 g/mol. The molecule has 2 nitrogen and oxygen atoms in total. The normalized spacial score (nSPS) is 10.8. The van der Waals surface area contributed by atoms with Crippen molar-refractivity contribution in [3.63, 3.8) is 0 Å². The lowest BCUT2D eigenvalue weighted by Crippen LogP contribution is -2.24. The second-order valence-electron chi connectivity index (χ2n) is 5.93. The summed E-state index contributed by atoms with van der Waals surface area (Å²) in [6.45, 7) is 6.51. The van der Waals surface area contributed by atoms with Crippen molar-refractivity contribution in [1.82, 2.24) is 0 Å². The van der Waals surface area contributed by atoms with Crippen molar-refractivity contribution in [2.75, 3.05) is 18.6 Å². The Bertz CT molecular complexity index is 580. The maximum Gasteiger partial charge on any atom is 0.119 e. The average Bonchev–Trinajstić information content (AvgIpc) is 2.51. The fraction of sp³-hybridized carbons (Fsp3) is 0.368. The van der Waals surface area contributed by atoms with E-state index in [0.29, 0.717) is 5.92 Å². The Labute approximate surface area is 142 Å². The van der Waals surface area contributed by atoms with Crippen molar-refractivity contribution in [2.24, 2.45) is 5.92 Å². The summed E-state index contributed by atoms with van der Waals surface area (Å²) in [6.07, 6.45) is 1.18. The van der Waals surface area contributed by atoms with Gasteiger partial charge in [0.05, 0.1) is 7.11 Å². The summed E-state index contributed by atoms with van der Waals surface area (Å²) in [5, 5.41) is 0. The van der Waals surface area contributed by atoms with Crippen LogP contribution in [0.2, 0.25) is 0 Å². The van der Waals surface area contributed by atoms with Gasteiger partial charge in [0.25, 0.3) is 0 Å². The molecule has 22 heavy (non-hydrogen) atoms. The van der Waals surface area contributed by atoms with Crippen molar-refractivity contribution < 1.29 is 4.74 Å². The number of anilines is 1. The highest BCUT2D eigenvalue weighted by molar-refractivity contribution is 9.10. The first-order valence-electron chi connectivity index (χ1n) is 7.72. The molecule has 0 amide bonds. The molecule has 0 aliphatic heterocycles. The van der Waals surface area contributed by atoms with Crippen LogP contribution in [0.25, 0.3) is 0 Å². The summed E-state index contributed by atoms with van der Waals surface area (Å²) in [7, 11) is 1.70. The standard InChI is InChI=1S/C19H24BrNO/c1-15(2)11-12-21(14-16-5-4-6-17(20)13-16)18-7-9-19(22-3)10-8-18/h4-10,13,15H,11-12,14H2,1-3H3. The molecule has 118 valence electrons. The van der Waals surface area contributed by atoms with Gasteiger partial charge in [-0.15, -0.1) is 0 Å². The zero-order valence-electron chi connectivity index (χ0n) is 13.6. The molecule has 0 atom stereocenters. The van der Waals surface area contributed by atoms with Crippen LogP contribution < -0.4 is 9.64 Å². The lowest BCUT2D eigenvalue weighted by molar-refractivity contribution is 0.415. The van der Waals surface area contributed by atoms with Crippen LogP contribution >= 0.6 is 15.9 Å². The minimum absolute atomic E-state index is 0.697. The van der Waals surface area contributed by atoms with Gasteiger partial charge in [-0.05, 0) is 54.3 Å². The summed E-state index contributed by atoms with van der Waals surface area (Å²) in [5.41, 5.74) is 2.55. The molecule has 0 radical (unpaired) electrons. The minimum Gasteiger partial charge on any atom is -0.497 e. The maximum atomic E-state index is 5.26. The molecule has 0 fully saturated rings. The zero-order chi connectivity index (χ0) is 15.9. The van der Waals surface area contributed by atoms with E-state index >= 15 is 0 Å². The quantitative estimate of drug-likeness (QED) is 0.644. The third kappa shape index (κ3) is 5.06. The SMILES string of the molecule is COc1ccc(N(CCC(C)C)Cc2cccc(Br)c2)cc1. The lowest BCUT2D eigenvalue weighted by Gasteiger charge is -2.26. The van der Waals surface area contributed by atoms with Gasteiger partial charge >= 0.3 is 0 Å². The van der Waals surface area contributed by atoms with Crippen LogP contribution in [0.3, 0.4) is 0 Å². The smallest absolute Gasteiger partial charge is 0.119 e. The molecule has 0 aliphatic carbocycles. The van der Waals surface area contributed by atoms with Crippen LogP contribution in [0, 0.1) is 5.92 Å². The van der Waals surface area contributed by atoms with Crippen LogP contribution in [0.15, 0.2) is 53.0 Å². The van der Waals surface area contributed by atoms with E-state index in [1.54, 1.807) is 7.11 Å². The van der Waals surface area contributed by atoms with Crippen molar-refractivity contribution in [3.8, 4) is 5.75 Å². The average molecular weight is 362 g/mol. The van der Waals surface area contributed by atoms with E-state index in [0.717, 1.165) is 23.3 Å². The highest BCUT2D eigenvalue weighted by atomic mass is 79.9. The highest BCUT2D eigenvalue weighted by Crippen LogP contribution is 2.23. The van der Waals surface area contributed by atoms with Crippen LogP contribution in [-0.4, -0.2) is 13.7 Å². The highest BCUT2D eigenvalue weighted by Gasteiger charge is 2.09. The number of hydrogen-bond donors (Lipinski definition) is 0. The minimum atomic E-state index is 0.697. The molecule has 2 aromatic carbocycles. The first-order valence-corrected chi connectivity index (χ1v) is 8.51. The first-order chi connectivity index (χ1) is 10.6. The van der Waals surface area contributed by atoms with Gasteiger partial charge in [0.15, 0.2) is 0 Å². The number of nitrogens with zero attached hydrogens (tertiary/aromatic N) is 1. The topological polar surface area (TPSA) is 12.5 Å². The molecule has 0 unspecified atom stereocenters. The van der Waals surface area contributed by atoms with E-state index in [2.05, 4.69) is 71.1 Å². The van der Waals surface area contributed by atoms with Crippen LogP contribution in [0.1, 0.15) is 25.8 Å². The summed E-state index contributed by atoms with van der Waals surface area (Å²) >= 11 is 3.55. The predicted octanol–water partition coefficient (Wildman–Crippen LogP) is 5.51. The molecule has 2 aromatic rings. The molecule has 0 N–H and O–H groups in total. The molecule has 3 heteroatoms. The third-order valence-electron chi connectivity index (χ3n) is 3.68. The molecular formula is C19H24BrNO. The summed E-state index contributed by atoms with van der Waals surface area (Å²) in [6, 6.07) is 16.8. The van der Waals surface area contributed by atoms with E-state index in [4.69, 9.17) is 4.74 Å². The summed E-state index contributed by atoms with van der Waals surface area (Å²) in [4.78, 5) is 2.43. The number of methoxy groups -OCH3 is 1. The van der Waals surface area contributed by atoms with Gasteiger partial charge in [0, 0.05) is 23.2 Å². The van der Waals surface area contributed by atoms with Gasteiger partial charge in [0.2, 0.25) is 0 Å². The Balaban J connectivity index is 2.17. The van der Waals surface area contributed by atoms with Crippen LogP contribution in [0.4, 0.5) is 5.69 Å². The molecule has 2 rings (SSSR count). The maximum absolute atomic E-state index is 5.26. The molecule has 0 aromatic heterocycles. The van der Waals surface area contributed by atoms with Crippen LogP contribution in [0.5, 0.6) is 5.75 Å². The van der Waals surface area contributed by atoms with Gasteiger partial charge in [-0.25, -0.2) is 0 Å². The van der Waals surface area contributed by atoms with Crippen molar-refractivity contribution >= 4 is 21.6 Å². The van der Waals surface area contributed by atoms with E-state index < -0.39 is 0 Å². The number of ether oxygens (including phenoxy) is 1. The monoisotopic (exact) mass is 361 g/mol. The van der Waals surface area contributed by atoms with Gasteiger partial charge < -0.3 is 9.64 Å². The summed E-state index contributed by atoms with van der Waals surface area (Å²) < 4.78 is 6.38. The fourth-order valence-electron chi connectivity index (χ4n) is 2.36. The van der Waals surface area contributed by atoms with Gasteiger partial charge in [-0.2, -0.15) is 0 Å². The molecule has 0 spiro atoms. The molecule has 0 saturated carbocycles. The Morgan fingerprint density at radius 2 is 1.82 bits per heavy atom.